The zero-order chi connectivity index (χ0) is 17.8. The van der Waals surface area contributed by atoms with Gasteiger partial charge in [0.2, 0.25) is 0 Å². The molecule has 0 fully saturated rings. The number of carbonyl (C=O) groups is 1. The summed E-state index contributed by atoms with van der Waals surface area (Å²) >= 11 is 0. The lowest BCUT2D eigenvalue weighted by Crippen LogP contribution is -2.23. The number of ether oxygens (including phenoxy) is 2. The van der Waals surface area contributed by atoms with Crippen LogP contribution in [0.4, 0.5) is 10.1 Å². The van der Waals surface area contributed by atoms with Crippen LogP contribution in [-0.4, -0.2) is 24.7 Å². The standard InChI is InChI=1S/C19H19FN2O3/c1-3-25-19(23)18(22-13-6-4-12(20)5-7-13)16-11-21-17-9-8-14(24-2)10-15(16)17/h4-11,18,21-22H,3H2,1-2H3. The van der Waals surface area contributed by atoms with E-state index in [2.05, 4.69) is 10.3 Å². The summed E-state index contributed by atoms with van der Waals surface area (Å²) in [6, 6.07) is 10.7. The highest BCUT2D eigenvalue weighted by Gasteiger charge is 2.25. The minimum absolute atomic E-state index is 0.270. The number of fused-ring (bicyclic) bond motifs is 1. The average Bonchev–Trinajstić information content (AvgIpc) is 3.04. The smallest absolute Gasteiger partial charge is 0.333 e. The molecule has 3 rings (SSSR count). The normalized spacial score (nSPS) is 12.0. The zero-order valence-corrected chi connectivity index (χ0v) is 14.0. The van der Waals surface area contributed by atoms with E-state index in [0.29, 0.717) is 11.4 Å². The first kappa shape index (κ1) is 16.8. The lowest BCUT2D eigenvalue weighted by Gasteiger charge is -2.18. The molecule has 0 saturated heterocycles. The van der Waals surface area contributed by atoms with Gasteiger partial charge in [-0.25, -0.2) is 9.18 Å². The van der Waals surface area contributed by atoms with Gasteiger partial charge in [-0.15, -0.1) is 0 Å². The first-order valence-electron chi connectivity index (χ1n) is 7.96. The van der Waals surface area contributed by atoms with Crippen molar-refractivity contribution in [2.45, 2.75) is 13.0 Å². The number of methoxy groups -OCH3 is 1. The maximum atomic E-state index is 13.1. The van der Waals surface area contributed by atoms with Gasteiger partial charge in [0.1, 0.15) is 11.6 Å². The van der Waals surface area contributed by atoms with E-state index in [4.69, 9.17) is 9.47 Å². The van der Waals surface area contributed by atoms with E-state index < -0.39 is 12.0 Å². The largest absolute Gasteiger partial charge is 0.497 e. The Morgan fingerprint density at radius 1 is 1.24 bits per heavy atom. The molecule has 0 bridgehead atoms. The van der Waals surface area contributed by atoms with Gasteiger partial charge in [-0.3, -0.25) is 0 Å². The van der Waals surface area contributed by atoms with Gasteiger partial charge in [0.15, 0.2) is 6.04 Å². The number of aromatic nitrogens is 1. The maximum Gasteiger partial charge on any atom is 0.333 e. The van der Waals surface area contributed by atoms with Crippen LogP contribution in [0.5, 0.6) is 5.75 Å². The van der Waals surface area contributed by atoms with Crippen LogP contribution < -0.4 is 10.1 Å². The molecule has 1 heterocycles. The Labute approximate surface area is 144 Å². The number of carbonyl (C=O) groups excluding carboxylic acids is 1. The fraction of sp³-hybridized carbons (Fsp3) is 0.211. The summed E-state index contributed by atoms with van der Waals surface area (Å²) in [7, 11) is 1.59. The quantitative estimate of drug-likeness (QED) is 0.664. The summed E-state index contributed by atoms with van der Waals surface area (Å²) in [6.45, 7) is 2.03. The molecule has 2 aromatic carbocycles. The summed E-state index contributed by atoms with van der Waals surface area (Å²) in [6.07, 6.45) is 1.77. The van der Waals surface area contributed by atoms with Crippen LogP contribution >= 0.6 is 0 Å². The molecule has 1 atom stereocenters. The molecule has 3 aromatic rings. The van der Waals surface area contributed by atoms with E-state index >= 15 is 0 Å². The number of esters is 1. The molecule has 0 radical (unpaired) electrons. The number of H-pyrrole nitrogens is 1. The van der Waals surface area contributed by atoms with E-state index in [1.54, 1.807) is 32.4 Å². The third-order valence-electron chi connectivity index (χ3n) is 3.91. The van der Waals surface area contributed by atoms with Crippen LogP contribution in [0.2, 0.25) is 0 Å². The van der Waals surface area contributed by atoms with Gasteiger partial charge in [-0.05, 0) is 49.4 Å². The Balaban J connectivity index is 2.01. The molecular weight excluding hydrogens is 323 g/mol. The summed E-state index contributed by atoms with van der Waals surface area (Å²) in [5, 5.41) is 3.97. The van der Waals surface area contributed by atoms with Gasteiger partial charge in [-0.2, -0.15) is 0 Å². The monoisotopic (exact) mass is 342 g/mol. The Hall–Kier alpha value is -3.02. The number of aromatic amines is 1. The van der Waals surface area contributed by atoms with Crippen molar-refractivity contribution in [3.05, 3.63) is 60.0 Å². The molecular formula is C19H19FN2O3. The molecule has 0 saturated carbocycles. The third-order valence-corrected chi connectivity index (χ3v) is 3.91. The predicted molar refractivity (Wildman–Crippen MR) is 94.2 cm³/mol. The first-order valence-corrected chi connectivity index (χ1v) is 7.96. The van der Waals surface area contributed by atoms with E-state index in [-0.39, 0.29) is 12.4 Å². The summed E-state index contributed by atoms with van der Waals surface area (Å²) in [4.78, 5) is 15.7. The lowest BCUT2D eigenvalue weighted by molar-refractivity contribution is -0.144. The van der Waals surface area contributed by atoms with Crippen molar-refractivity contribution in [3.8, 4) is 5.75 Å². The minimum atomic E-state index is -0.730. The van der Waals surface area contributed by atoms with Crippen molar-refractivity contribution < 1.29 is 18.7 Å². The van der Waals surface area contributed by atoms with Crippen molar-refractivity contribution in [2.75, 3.05) is 19.0 Å². The van der Waals surface area contributed by atoms with Crippen LogP contribution in [0, 0.1) is 5.82 Å². The van der Waals surface area contributed by atoms with Crippen molar-refractivity contribution in [2.24, 2.45) is 0 Å². The topological polar surface area (TPSA) is 63.3 Å². The highest BCUT2D eigenvalue weighted by atomic mass is 19.1. The highest BCUT2D eigenvalue weighted by Crippen LogP contribution is 2.30. The number of halogens is 1. The Kier molecular flexibility index (Phi) is 4.88. The van der Waals surface area contributed by atoms with Gasteiger partial charge in [0.05, 0.1) is 13.7 Å². The van der Waals surface area contributed by atoms with Crippen molar-refractivity contribution in [1.82, 2.24) is 4.98 Å². The molecule has 0 spiro atoms. The molecule has 6 heteroatoms. The third kappa shape index (κ3) is 3.57. The van der Waals surface area contributed by atoms with E-state index in [1.807, 2.05) is 18.2 Å². The lowest BCUT2D eigenvalue weighted by atomic mass is 10.0. The molecule has 130 valence electrons. The summed E-state index contributed by atoms with van der Waals surface area (Å²) < 4.78 is 23.6. The Morgan fingerprint density at radius 3 is 2.68 bits per heavy atom. The number of anilines is 1. The first-order chi connectivity index (χ1) is 12.1. The van der Waals surface area contributed by atoms with E-state index in [0.717, 1.165) is 16.5 Å². The maximum absolute atomic E-state index is 13.1. The predicted octanol–water partition coefficient (Wildman–Crippen LogP) is 4.03. The molecule has 0 amide bonds. The number of hydrogen-bond donors (Lipinski definition) is 2. The number of rotatable bonds is 6. The van der Waals surface area contributed by atoms with Crippen molar-refractivity contribution in [1.29, 1.82) is 0 Å². The van der Waals surface area contributed by atoms with E-state index in [9.17, 15) is 9.18 Å². The molecule has 0 aliphatic carbocycles. The number of nitrogens with one attached hydrogen (secondary N) is 2. The fourth-order valence-electron chi connectivity index (χ4n) is 2.69. The fourth-order valence-corrected chi connectivity index (χ4v) is 2.69. The molecule has 0 aliphatic heterocycles. The van der Waals surface area contributed by atoms with Gasteiger partial charge in [0.25, 0.3) is 0 Å². The molecule has 25 heavy (non-hydrogen) atoms. The van der Waals surface area contributed by atoms with Gasteiger partial charge >= 0.3 is 5.97 Å². The number of benzene rings is 2. The van der Waals surface area contributed by atoms with Crippen LogP contribution in [-0.2, 0) is 9.53 Å². The van der Waals surface area contributed by atoms with Crippen LogP contribution in [0.3, 0.4) is 0 Å². The van der Waals surface area contributed by atoms with Crippen molar-refractivity contribution >= 4 is 22.6 Å². The molecule has 2 N–H and O–H groups in total. The van der Waals surface area contributed by atoms with Crippen LogP contribution in [0.15, 0.2) is 48.7 Å². The van der Waals surface area contributed by atoms with Crippen molar-refractivity contribution in [3.63, 3.8) is 0 Å². The van der Waals surface area contributed by atoms with Crippen LogP contribution in [0.25, 0.3) is 10.9 Å². The second-order valence-electron chi connectivity index (χ2n) is 5.49. The Morgan fingerprint density at radius 2 is 2.00 bits per heavy atom. The second kappa shape index (κ2) is 7.25. The second-order valence-corrected chi connectivity index (χ2v) is 5.49. The van der Waals surface area contributed by atoms with E-state index in [1.165, 1.54) is 12.1 Å². The zero-order valence-electron chi connectivity index (χ0n) is 14.0. The average molecular weight is 342 g/mol. The molecule has 0 aliphatic rings. The minimum Gasteiger partial charge on any atom is -0.497 e. The van der Waals surface area contributed by atoms with Gasteiger partial charge < -0.3 is 19.8 Å². The Bertz CT molecular complexity index is 874. The summed E-state index contributed by atoms with van der Waals surface area (Å²) in [5.74, 6) is -0.0525. The number of hydrogen-bond acceptors (Lipinski definition) is 4. The van der Waals surface area contributed by atoms with Gasteiger partial charge in [0, 0.05) is 28.4 Å². The van der Waals surface area contributed by atoms with Gasteiger partial charge in [-0.1, -0.05) is 0 Å². The molecule has 5 nitrogen and oxygen atoms in total. The summed E-state index contributed by atoms with van der Waals surface area (Å²) in [5.41, 5.74) is 2.24. The SMILES string of the molecule is CCOC(=O)C(Nc1ccc(F)cc1)c1c[nH]c2ccc(OC)cc12. The van der Waals surface area contributed by atoms with Crippen LogP contribution in [0.1, 0.15) is 18.5 Å². The molecule has 1 aromatic heterocycles. The highest BCUT2D eigenvalue weighted by molar-refractivity contribution is 5.92. The molecule has 1 unspecified atom stereocenters.